The molecular formula is C36H71N2+. The van der Waals surface area contributed by atoms with E-state index < -0.39 is 0 Å². The van der Waals surface area contributed by atoms with Crippen LogP contribution in [-0.2, 0) is 0 Å². The maximum atomic E-state index is 3.67. The molecule has 2 atom stereocenters. The number of nitrogens with one attached hydrogen (secondary N) is 1. The second-order valence-electron chi connectivity index (χ2n) is 12.6. The summed E-state index contributed by atoms with van der Waals surface area (Å²) in [7, 11) is 0. The van der Waals surface area contributed by atoms with Crippen LogP contribution in [0.25, 0.3) is 0 Å². The Morgan fingerprint density at radius 1 is 0.500 bits per heavy atom. The minimum absolute atomic E-state index is 0.622. The molecular weight excluding hydrogens is 460 g/mol. The Labute approximate surface area is 240 Å². The predicted octanol–water partition coefficient (Wildman–Crippen LogP) is 12.5. The van der Waals surface area contributed by atoms with Crippen LogP contribution in [0, 0.1) is 0 Å². The Kier molecular flexibility index (Phi) is 24.5. The number of aromatic nitrogens is 2. The van der Waals surface area contributed by atoms with E-state index in [9.17, 15) is 0 Å². The van der Waals surface area contributed by atoms with E-state index in [1.165, 1.54) is 179 Å². The molecule has 0 fully saturated rings. The van der Waals surface area contributed by atoms with Crippen LogP contribution in [0.15, 0.2) is 12.4 Å². The molecule has 0 aliphatic carbocycles. The smallest absolute Gasteiger partial charge is 0.247 e. The van der Waals surface area contributed by atoms with Crippen molar-refractivity contribution in [3.8, 4) is 0 Å². The van der Waals surface area contributed by atoms with E-state index in [-0.39, 0.29) is 0 Å². The lowest BCUT2D eigenvalue weighted by atomic mass is 9.94. The van der Waals surface area contributed by atoms with Crippen molar-refractivity contribution in [1.82, 2.24) is 4.98 Å². The maximum absolute atomic E-state index is 3.67. The Morgan fingerprint density at radius 3 is 1.32 bits per heavy atom. The van der Waals surface area contributed by atoms with Crippen molar-refractivity contribution in [3.05, 3.63) is 18.2 Å². The van der Waals surface area contributed by atoms with E-state index in [4.69, 9.17) is 0 Å². The molecule has 1 N–H and O–H groups in total. The zero-order chi connectivity index (χ0) is 27.5. The fraction of sp³-hybridized carbons (Fsp3) is 0.917. The number of aromatic amines is 1. The molecule has 1 aromatic heterocycles. The number of hydrogen-bond acceptors (Lipinski definition) is 0. The molecule has 0 radical (unpaired) electrons. The Hall–Kier alpha value is -0.790. The summed E-state index contributed by atoms with van der Waals surface area (Å²) in [6.07, 6.45) is 42.8. The van der Waals surface area contributed by atoms with Gasteiger partial charge in [0.25, 0.3) is 5.82 Å². The summed E-state index contributed by atoms with van der Waals surface area (Å²) in [5.41, 5.74) is 0. The molecule has 2 nitrogen and oxygen atoms in total. The van der Waals surface area contributed by atoms with Gasteiger partial charge in [-0.2, -0.15) is 0 Å². The van der Waals surface area contributed by atoms with Crippen LogP contribution < -0.4 is 4.57 Å². The lowest BCUT2D eigenvalue weighted by molar-refractivity contribution is -0.727. The van der Waals surface area contributed by atoms with Gasteiger partial charge in [-0.3, -0.25) is 0 Å². The molecule has 1 aromatic rings. The van der Waals surface area contributed by atoms with Crippen molar-refractivity contribution >= 4 is 0 Å². The molecule has 0 aliphatic rings. The summed E-state index contributed by atoms with van der Waals surface area (Å²) >= 11 is 0. The maximum Gasteiger partial charge on any atom is 0.257 e. The van der Waals surface area contributed by atoms with Crippen LogP contribution in [0.4, 0.5) is 0 Å². The van der Waals surface area contributed by atoms with Crippen molar-refractivity contribution < 1.29 is 4.57 Å². The Morgan fingerprint density at radius 2 is 0.895 bits per heavy atom. The number of H-pyrrole nitrogens is 1. The van der Waals surface area contributed by atoms with Crippen molar-refractivity contribution in [2.45, 2.75) is 213 Å². The highest BCUT2D eigenvalue weighted by molar-refractivity contribution is 4.90. The minimum Gasteiger partial charge on any atom is -0.247 e. The van der Waals surface area contributed by atoms with Crippen LogP contribution in [0.5, 0.6) is 0 Å². The van der Waals surface area contributed by atoms with Gasteiger partial charge in [-0.15, -0.1) is 0 Å². The van der Waals surface area contributed by atoms with Gasteiger partial charge in [-0.1, -0.05) is 168 Å². The number of hydrogen-bond donors (Lipinski definition) is 1. The normalized spacial score (nSPS) is 13.3. The molecule has 38 heavy (non-hydrogen) atoms. The molecule has 0 bridgehead atoms. The Bertz CT molecular complexity index is 592. The van der Waals surface area contributed by atoms with Gasteiger partial charge in [0.2, 0.25) is 0 Å². The molecule has 0 aliphatic heterocycles. The summed E-state index contributed by atoms with van der Waals surface area (Å²) in [5.74, 6) is 2.21. The monoisotopic (exact) mass is 532 g/mol. The molecule has 1 heterocycles. The van der Waals surface area contributed by atoms with E-state index in [0.717, 1.165) is 0 Å². The number of imidazole rings is 1. The number of nitrogens with zero attached hydrogens (tertiary/aromatic N) is 1. The highest BCUT2D eigenvalue weighted by atomic mass is 15.1. The molecule has 0 spiro atoms. The van der Waals surface area contributed by atoms with Crippen LogP contribution in [0.1, 0.15) is 219 Å². The third-order valence-corrected chi connectivity index (χ3v) is 8.87. The quantitative estimate of drug-likeness (QED) is 0.0783. The zero-order valence-electron chi connectivity index (χ0n) is 26.8. The highest BCUT2D eigenvalue weighted by Gasteiger charge is 2.24. The molecule has 0 aromatic carbocycles. The Balaban J connectivity index is 2.16. The fourth-order valence-electron chi connectivity index (χ4n) is 6.31. The SMILES string of the molecule is CCCCCCCCCCCCCCCCC(CCC)c1[nH]cc[n+]1C(C)CCCCCCCCCCC. The lowest BCUT2D eigenvalue weighted by Gasteiger charge is -2.16. The van der Waals surface area contributed by atoms with Crippen molar-refractivity contribution in [1.29, 1.82) is 0 Å². The van der Waals surface area contributed by atoms with Crippen molar-refractivity contribution in [2.75, 3.05) is 0 Å². The number of rotatable bonds is 29. The average Bonchev–Trinajstić information content (AvgIpc) is 3.41. The van der Waals surface area contributed by atoms with Gasteiger partial charge in [0.15, 0.2) is 0 Å². The molecule has 2 heteroatoms. The summed E-state index contributed by atoms with van der Waals surface area (Å²) in [6.45, 7) is 9.41. The van der Waals surface area contributed by atoms with E-state index in [0.29, 0.717) is 12.0 Å². The van der Waals surface area contributed by atoms with Gasteiger partial charge in [0.1, 0.15) is 12.4 Å². The molecule has 0 saturated carbocycles. The van der Waals surface area contributed by atoms with Gasteiger partial charge in [-0.05, 0) is 32.6 Å². The van der Waals surface area contributed by atoms with Crippen molar-refractivity contribution in [3.63, 3.8) is 0 Å². The lowest BCUT2D eigenvalue weighted by Crippen LogP contribution is -2.41. The summed E-state index contributed by atoms with van der Waals surface area (Å²) in [6, 6.07) is 0.622. The van der Waals surface area contributed by atoms with Gasteiger partial charge < -0.3 is 0 Å². The summed E-state index contributed by atoms with van der Waals surface area (Å²) < 4.78 is 2.59. The first-order chi connectivity index (χ1) is 18.7. The highest BCUT2D eigenvalue weighted by Crippen LogP contribution is 2.26. The molecule has 1 rings (SSSR count). The number of unbranched alkanes of at least 4 members (excludes halogenated alkanes) is 21. The third kappa shape index (κ3) is 18.5. The molecule has 224 valence electrons. The van der Waals surface area contributed by atoms with Gasteiger partial charge >= 0.3 is 0 Å². The van der Waals surface area contributed by atoms with E-state index in [2.05, 4.69) is 49.6 Å². The largest absolute Gasteiger partial charge is 0.257 e. The molecule has 2 unspecified atom stereocenters. The topological polar surface area (TPSA) is 19.7 Å². The van der Waals surface area contributed by atoms with Crippen LogP contribution in [0.2, 0.25) is 0 Å². The van der Waals surface area contributed by atoms with Gasteiger partial charge in [-0.25, -0.2) is 9.55 Å². The second-order valence-corrected chi connectivity index (χ2v) is 12.6. The average molecular weight is 532 g/mol. The second kappa shape index (κ2) is 26.4. The van der Waals surface area contributed by atoms with Crippen LogP contribution in [-0.4, -0.2) is 4.98 Å². The fourth-order valence-corrected chi connectivity index (χ4v) is 6.31. The van der Waals surface area contributed by atoms with Crippen LogP contribution in [0.3, 0.4) is 0 Å². The summed E-state index contributed by atoms with van der Waals surface area (Å²) in [5, 5.41) is 0. The third-order valence-electron chi connectivity index (χ3n) is 8.87. The van der Waals surface area contributed by atoms with E-state index in [1.54, 1.807) is 0 Å². The van der Waals surface area contributed by atoms with Crippen LogP contribution >= 0.6 is 0 Å². The van der Waals surface area contributed by atoms with Gasteiger partial charge in [0.05, 0.1) is 12.0 Å². The standard InChI is InChI=1S/C36H70N2/c1-5-8-10-12-14-16-17-18-19-20-22-24-26-28-31-35(29-7-3)36-37-32-33-38(36)34(4)30-27-25-23-21-15-13-11-9-6-2/h32-35H,5-31H2,1-4H3/p+1. The van der Waals surface area contributed by atoms with Crippen molar-refractivity contribution in [2.24, 2.45) is 0 Å². The molecule has 0 saturated heterocycles. The first-order valence-corrected chi connectivity index (χ1v) is 17.8. The van der Waals surface area contributed by atoms with E-state index in [1.807, 2.05) is 0 Å². The zero-order valence-corrected chi connectivity index (χ0v) is 26.8. The molecule has 0 amide bonds. The van der Waals surface area contributed by atoms with Gasteiger partial charge in [0, 0.05) is 0 Å². The first-order valence-electron chi connectivity index (χ1n) is 17.8. The van der Waals surface area contributed by atoms with E-state index >= 15 is 0 Å². The first kappa shape index (κ1) is 35.2. The summed E-state index contributed by atoms with van der Waals surface area (Å²) in [4.78, 5) is 3.67. The minimum atomic E-state index is 0.622. The predicted molar refractivity (Wildman–Crippen MR) is 170 cm³/mol.